The zero-order chi connectivity index (χ0) is 19.6. The molecule has 3 aromatic rings. The molecule has 5 heteroatoms. The van der Waals surface area contributed by atoms with Crippen molar-refractivity contribution >= 4 is 11.6 Å². The third kappa shape index (κ3) is 4.37. The molecule has 0 fully saturated rings. The van der Waals surface area contributed by atoms with Gasteiger partial charge in [-0.15, -0.1) is 0 Å². The molecular formula is C22H20F2N2O. The largest absolute Gasteiger partial charge is 0.322 e. The van der Waals surface area contributed by atoms with Crippen molar-refractivity contribution in [3.63, 3.8) is 0 Å². The van der Waals surface area contributed by atoms with Crippen LogP contribution in [0.4, 0.5) is 14.5 Å². The fraction of sp³-hybridized carbons (Fsp3) is 0.182. The van der Waals surface area contributed by atoms with E-state index in [1.807, 2.05) is 24.3 Å². The van der Waals surface area contributed by atoms with E-state index < -0.39 is 11.6 Å². The van der Waals surface area contributed by atoms with Crippen LogP contribution >= 0.6 is 0 Å². The number of nitrogens with zero attached hydrogens (tertiary/aromatic N) is 1. The number of hydrogen-bond acceptors (Lipinski definition) is 2. The van der Waals surface area contributed by atoms with Gasteiger partial charge < -0.3 is 5.32 Å². The number of amides is 1. The highest BCUT2D eigenvalue weighted by Crippen LogP contribution is 2.24. The summed E-state index contributed by atoms with van der Waals surface area (Å²) in [5.41, 5.74) is 2.76. The summed E-state index contributed by atoms with van der Waals surface area (Å²) >= 11 is 0. The topological polar surface area (TPSA) is 42.0 Å². The van der Waals surface area contributed by atoms with Gasteiger partial charge in [-0.05, 0) is 47.4 Å². The van der Waals surface area contributed by atoms with Gasteiger partial charge >= 0.3 is 0 Å². The van der Waals surface area contributed by atoms with Crippen molar-refractivity contribution in [3.05, 3.63) is 83.6 Å². The molecule has 0 spiro atoms. The van der Waals surface area contributed by atoms with Gasteiger partial charge in [0.15, 0.2) is 0 Å². The minimum absolute atomic E-state index is 0.0396. The molecule has 1 heterocycles. The number of benzene rings is 2. The number of anilines is 1. The van der Waals surface area contributed by atoms with E-state index in [2.05, 4.69) is 31.1 Å². The molecule has 0 saturated carbocycles. The number of carbonyl (C=O) groups excluding carboxylic acids is 1. The Balaban J connectivity index is 1.74. The fourth-order valence-electron chi connectivity index (χ4n) is 2.64. The highest BCUT2D eigenvalue weighted by atomic mass is 19.1. The Hall–Kier alpha value is -3.08. The van der Waals surface area contributed by atoms with Gasteiger partial charge in [0.05, 0.1) is 11.3 Å². The maximum Gasteiger partial charge on any atom is 0.257 e. The predicted octanol–water partition coefficient (Wildman–Crippen LogP) is 5.58. The number of pyridine rings is 1. The zero-order valence-electron chi connectivity index (χ0n) is 15.4. The molecule has 0 atom stereocenters. The minimum atomic E-state index is -0.696. The Labute approximate surface area is 157 Å². The van der Waals surface area contributed by atoms with Crippen molar-refractivity contribution in [3.8, 4) is 11.3 Å². The van der Waals surface area contributed by atoms with Crippen molar-refractivity contribution in [2.45, 2.75) is 26.2 Å². The second-order valence-corrected chi connectivity index (χ2v) is 7.34. The van der Waals surface area contributed by atoms with Gasteiger partial charge in [0, 0.05) is 23.5 Å². The van der Waals surface area contributed by atoms with E-state index in [-0.39, 0.29) is 16.9 Å². The lowest BCUT2D eigenvalue weighted by Crippen LogP contribution is -2.13. The van der Waals surface area contributed by atoms with Gasteiger partial charge in [-0.2, -0.15) is 0 Å². The van der Waals surface area contributed by atoms with Crippen molar-refractivity contribution in [2.75, 3.05) is 5.32 Å². The fourth-order valence-corrected chi connectivity index (χ4v) is 2.64. The quantitative estimate of drug-likeness (QED) is 0.658. The molecule has 0 aliphatic heterocycles. The van der Waals surface area contributed by atoms with E-state index >= 15 is 0 Å². The van der Waals surface area contributed by atoms with Gasteiger partial charge in [-0.1, -0.05) is 32.9 Å². The summed E-state index contributed by atoms with van der Waals surface area (Å²) < 4.78 is 26.9. The smallest absolute Gasteiger partial charge is 0.257 e. The maximum atomic E-state index is 13.8. The van der Waals surface area contributed by atoms with Crippen LogP contribution in [0.5, 0.6) is 0 Å². The number of aromatic nitrogens is 1. The molecule has 0 aliphatic carbocycles. The standard InChI is InChI=1S/C22H20F2N2O/c1-22(2,3)15-5-8-17(9-6-15)26-21(27)14-4-11-20(25-13-14)18-10-7-16(23)12-19(18)24/h4-13H,1-3H3,(H,26,27). The van der Waals surface area contributed by atoms with E-state index in [9.17, 15) is 13.6 Å². The molecule has 0 radical (unpaired) electrons. The number of hydrogen-bond donors (Lipinski definition) is 1. The molecule has 1 aromatic heterocycles. The molecule has 1 N–H and O–H groups in total. The van der Waals surface area contributed by atoms with Crippen LogP contribution in [0.3, 0.4) is 0 Å². The monoisotopic (exact) mass is 366 g/mol. The van der Waals surface area contributed by atoms with Crippen LogP contribution in [0, 0.1) is 11.6 Å². The average molecular weight is 366 g/mol. The number of rotatable bonds is 3. The lowest BCUT2D eigenvalue weighted by molar-refractivity contribution is 0.102. The summed E-state index contributed by atoms with van der Waals surface area (Å²) in [4.78, 5) is 16.5. The second-order valence-electron chi connectivity index (χ2n) is 7.34. The molecule has 0 aliphatic rings. The highest BCUT2D eigenvalue weighted by molar-refractivity contribution is 6.04. The van der Waals surface area contributed by atoms with Crippen molar-refractivity contribution < 1.29 is 13.6 Å². The number of carbonyl (C=O) groups is 1. The molecule has 138 valence electrons. The van der Waals surface area contributed by atoms with E-state index in [4.69, 9.17) is 0 Å². The molecule has 0 bridgehead atoms. The lowest BCUT2D eigenvalue weighted by Gasteiger charge is -2.19. The summed E-state index contributed by atoms with van der Waals surface area (Å²) in [6.07, 6.45) is 1.37. The summed E-state index contributed by atoms with van der Waals surface area (Å²) in [5, 5.41) is 2.81. The normalized spacial score (nSPS) is 11.3. The van der Waals surface area contributed by atoms with Gasteiger partial charge in [-0.25, -0.2) is 8.78 Å². The van der Waals surface area contributed by atoms with Crippen LogP contribution in [-0.4, -0.2) is 10.9 Å². The molecule has 1 amide bonds. The van der Waals surface area contributed by atoms with E-state index in [0.29, 0.717) is 16.9 Å². The van der Waals surface area contributed by atoms with E-state index in [0.717, 1.165) is 6.07 Å². The summed E-state index contributed by atoms with van der Waals surface area (Å²) in [6, 6.07) is 14.1. The van der Waals surface area contributed by atoms with E-state index in [1.54, 1.807) is 6.07 Å². The highest BCUT2D eigenvalue weighted by Gasteiger charge is 2.14. The van der Waals surface area contributed by atoms with Crippen LogP contribution in [0.2, 0.25) is 0 Å². The average Bonchev–Trinajstić information content (AvgIpc) is 2.61. The van der Waals surface area contributed by atoms with Gasteiger partial charge in [0.1, 0.15) is 11.6 Å². The molecule has 2 aromatic carbocycles. The molecule has 27 heavy (non-hydrogen) atoms. The summed E-state index contributed by atoms with van der Waals surface area (Å²) in [5.74, 6) is -1.65. The first kappa shape index (κ1) is 18.7. The van der Waals surface area contributed by atoms with Crippen LogP contribution in [0.25, 0.3) is 11.3 Å². The molecule has 3 nitrogen and oxygen atoms in total. The van der Waals surface area contributed by atoms with Crippen LogP contribution < -0.4 is 5.32 Å². The summed E-state index contributed by atoms with van der Waals surface area (Å²) in [6.45, 7) is 6.37. The van der Waals surface area contributed by atoms with Gasteiger partial charge in [0.2, 0.25) is 0 Å². The Morgan fingerprint density at radius 1 is 0.963 bits per heavy atom. The maximum absolute atomic E-state index is 13.8. The van der Waals surface area contributed by atoms with Crippen LogP contribution in [-0.2, 0) is 5.41 Å². The number of nitrogens with one attached hydrogen (secondary N) is 1. The SMILES string of the molecule is CC(C)(C)c1ccc(NC(=O)c2ccc(-c3ccc(F)cc3F)nc2)cc1. The first-order valence-corrected chi connectivity index (χ1v) is 8.57. The lowest BCUT2D eigenvalue weighted by atomic mass is 9.87. The van der Waals surface area contributed by atoms with Gasteiger partial charge in [-0.3, -0.25) is 9.78 Å². The van der Waals surface area contributed by atoms with Gasteiger partial charge in [0.25, 0.3) is 5.91 Å². The number of halogens is 2. The summed E-state index contributed by atoms with van der Waals surface area (Å²) in [7, 11) is 0. The zero-order valence-corrected chi connectivity index (χ0v) is 15.4. The molecular weight excluding hydrogens is 346 g/mol. The van der Waals surface area contributed by atoms with Crippen LogP contribution in [0.15, 0.2) is 60.8 Å². The first-order chi connectivity index (χ1) is 12.7. The Kier molecular flexibility index (Phi) is 5.04. The Morgan fingerprint density at radius 2 is 1.67 bits per heavy atom. The van der Waals surface area contributed by atoms with E-state index in [1.165, 1.54) is 30.0 Å². The minimum Gasteiger partial charge on any atom is -0.322 e. The third-order valence-corrected chi connectivity index (χ3v) is 4.24. The van der Waals surface area contributed by atoms with Crippen LogP contribution in [0.1, 0.15) is 36.7 Å². The van der Waals surface area contributed by atoms with Crippen molar-refractivity contribution in [2.24, 2.45) is 0 Å². The first-order valence-electron chi connectivity index (χ1n) is 8.57. The van der Waals surface area contributed by atoms with Crippen molar-refractivity contribution in [1.82, 2.24) is 4.98 Å². The molecule has 0 saturated heterocycles. The Morgan fingerprint density at radius 3 is 2.22 bits per heavy atom. The van der Waals surface area contributed by atoms with Crippen molar-refractivity contribution in [1.29, 1.82) is 0 Å². The second kappa shape index (κ2) is 7.27. The molecule has 3 rings (SSSR count). The third-order valence-electron chi connectivity index (χ3n) is 4.24. The Bertz CT molecular complexity index is 959. The molecule has 0 unspecified atom stereocenters. The predicted molar refractivity (Wildman–Crippen MR) is 103 cm³/mol.